The van der Waals surface area contributed by atoms with Crippen LogP contribution in [0, 0.1) is 11.7 Å². The molecule has 0 aliphatic carbocycles. The van der Waals surface area contributed by atoms with Crippen LogP contribution in [0.1, 0.15) is 25.0 Å². The highest BCUT2D eigenvalue weighted by atomic mass is 31.1. The van der Waals surface area contributed by atoms with Crippen LogP contribution in [-0.2, 0) is 30.6 Å². The van der Waals surface area contributed by atoms with Gasteiger partial charge in [0, 0.05) is 30.7 Å². The van der Waals surface area contributed by atoms with Gasteiger partial charge >= 0.3 is 5.97 Å². The Labute approximate surface area is 192 Å². The molecular formula is C25H27FNO5P. The van der Waals surface area contributed by atoms with Gasteiger partial charge in [-0.3, -0.25) is 14.3 Å². The molecule has 3 atom stereocenters. The van der Waals surface area contributed by atoms with E-state index < -0.39 is 36.5 Å². The van der Waals surface area contributed by atoms with Crippen molar-refractivity contribution in [3.63, 3.8) is 0 Å². The minimum atomic E-state index is -3.25. The molecule has 0 bridgehead atoms. The second-order valence-electron chi connectivity index (χ2n) is 8.11. The van der Waals surface area contributed by atoms with Crippen molar-refractivity contribution in [3.05, 3.63) is 90.6 Å². The molecule has 1 heterocycles. The Hall–Kier alpha value is -2.86. The summed E-state index contributed by atoms with van der Waals surface area (Å²) >= 11 is 0. The van der Waals surface area contributed by atoms with Crippen LogP contribution in [0.3, 0.4) is 0 Å². The van der Waals surface area contributed by atoms with E-state index in [9.17, 15) is 18.9 Å². The van der Waals surface area contributed by atoms with E-state index in [1.54, 1.807) is 19.9 Å². The third-order valence-electron chi connectivity index (χ3n) is 5.98. The fraction of sp³-hybridized carbons (Fsp3) is 0.280. The van der Waals surface area contributed by atoms with Gasteiger partial charge in [0.25, 0.3) is 0 Å². The lowest BCUT2D eigenvalue weighted by Crippen LogP contribution is -2.59. The van der Waals surface area contributed by atoms with Gasteiger partial charge in [0.1, 0.15) is 11.4 Å². The van der Waals surface area contributed by atoms with Crippen molar-refractivity contribution < 1.29 is 28.1 Å². The summed E-state index contributed by atoms with van der Waals surface area (Å²) in [5.41, 5.74) is -0.610. The number of halogens is 1. The monoisotopic (exact) mass is 471 g/mol. The molecule has 0 saturated heterocycles. The number of para-hydroxylation sites is 1. The molecule has 0 aliphatic heterocycles. The van der Waals surface area contributed by atoms with Gasteiger partial charge in [0.05, 0.1) is 11.8 Å². The van der Waals surface area contributed by atoms with Crippen molar-refractivity contribution in [2.24, 2.45) is 5.92 Å². The lowest BCUT2D eigenvalue weighted by atomic mass is 9.71. The molecule has 6 nitrogen and oxygen atoms in total. The first-order valence-electron chi connectivity index (χ1n) is 10.4. The molecule has 33 heavy (non-hydrogen) atoms. The van der Waals surface area contributed by atoms with Gasteiger partial charge in [-0.1, -0.05) is 50.8 Å². The van der Waals surface area contributed by atoms with Crippen molar-refractivity contribution in [1.82, 2.24) is 4.98 Å². The van der Waals surface area contributed by atoms with E-state index in [2.05, 4.69) is 11.6 Å². The van der Waals surface area contributed by atoms with Crippen molar-refractivity contribution in [1.29, 1.82) is 0 Å². The third-order valence-corrected chi connectivity index (χ3v) is 8.19. The lowest BCUT2D eigenvalue weighted by molar-refractivity contribution is -0.154. The molecule has 0 radical (unpaired) electrons. The molecule has 3 rings (SSSR count). The molecule has 0 spiro atoms. The Morgan fingerprint density at radius 1 is 1.24 bits per heavy atom. The number of nitrogens with zero attached hydrogens (tertiary/aromatic N) is 1. The van der Waals surface area contributed by atoms with Crippen LogP contribution in [0.25, 0.3) is 10.9 Å². The minimum Gasteiger partial charge on any atom is -0.434 e. The second kappa shape index (κ2) is 9.96. The van der Waals surface area contributed by atoms with E-state index >= 15 is 0 Å². The zero-order valence-corrected chi connectivity index (χ0v) is 19.7. The predicted octanol–water partition coefficient (Wildman–Crippen LogP) is 5.01. The number of aromatic nitrogens is 1. The highest BCUT2D eigenvalue weighted by Gasteiger charge is 2.64. The van der Waals surface area contributed by atoms with Crippen LogP contribution in [0.4, 0.5) is 4.39 Å². The first kappa shape index (κ1) is 24.8. The van der Waals surface area contributed by atoms with E-state index in [0.717, 1.165) is 11.6 Å². The molecule has 8 heteroatoms. The number of hydrogen-bond acceptors (Lipinski definition) is 6. The molecule has 1 aromatic heterocycles. The number of carbonyl (C=O) groups excluding carboxylic acids is 1. The van der Waals surface area contributed by atoms with Gasteiger partial charge in [-0.15, -0.1) is 0 Å². The number of aliphatic hydroxyl groups is 1. The number of carbonyl (C=O) groups is 1. The zero-order chi connectivity index (χ0) is 24.2. The third kappa shape index (κ3) is 4.36. The second-order valence-corrected chi connectivity index (χ2v) is 9.88. The first-order chi connectivity index (χ1) is 15.7. The number of benzene rings is 2. The quantitative estimate of drug-likeness (QED) is 0.268. The summed E-state index contributed by atoms with van der Waals surface area (Å²) < 4.78 is 37.4. The van der Waals surface area contributed by atoms with Gasteiger partial charge < -0.3 is 14.4 Å². The maximum absolute atomic E-state index is 13.6. The highest BCUT2D eigenvalue weighted by Crippen LogP contribution is 2.57. The maximum atomic E-state index is 13.6. The van der Waals surface area contributed by atoms with Crippen molar-refractivity contribution in [2.75, 3.05) is 7.11 Å². The number of hydrogen-bond donors (Lipinski definition) is 1. The molecule has 3 unspecified atom stereocenters. The maximum Gasteiger partial charge on any atom is 0.330 e. The normalized spacial score (nSPS) is 16.1. The first-order valence-corrected chi connectivity index (χ1v) is 11.7. The highest BCUT2D eigenvalue weighted by molar-refractivity contribution is 7.42. The molecule has 0 aliphatic rings. The van der Waals surface area contributed by atoms with Crippen LogP contribution < -0.4 is 0 Å². The largest absolute Gasteiger partial charge is 0.434 e. The van der Waals surface area contributed by atoms with Gasteiger partial charge in [-0.25, -0.2) is 4.39 Å². The summed E-state index contributed by atoms with van der Waals surface area (Å²) in [6.45, 7) is 6.76. The molecule has 0 fully saturated rings. The molecule has 174 valence electrons. The van der Waals surface area contributed by atoms with Gasteiger partial charge in [-0.2, -0.15) is 0 Å². The van der Waals surface area contributed by atoms with E-state index in [1.165, 1.54) is 37.6 Å². The van der Waals surface area contributed by atoms with Crippen LogP contribution in [0.2, 0.25) is 0 Å². The Balaban J connectivity index is 2.36. The summed E-state index contributed by atoms with van der Waals surface area (Å²) in [6, 6.07) is 14.5. The number of pyridine rings is 1. The van der Waals surface area contributed by atoms with Crippen molar-refractivity contribution in [2.45, 2.75) is 31.0 Å². The Morgan fingerprint density at radius 3 is 2.52 bits per heavy atom. The van der Waals surface area contributed by atoms with E-state index in [-0.39, 0.29) is 12.0 Å². The van der Waals surface area contributed by atoms with Crippen LogP contribution >= 0.6 is 8.03 Å². The average Bonchev–Trinajstić information content (AvgIpc) is 2.80. The van der Waals surface area contributed by atoms with E-state index in [1.807, 2.05) is 24.3 Å². The predicted molar refractivity (Wildman–Crippen MR) is 126 cm³/mol. The van der Waals surface area contributed by atoms with Crippen LogP contribution in [0.15, 0.2) is 73.6 Å². The summed E-state index contributed by atoms with van der Waals surface area (Å²) in [6.07, 6.45) is 2.22. The number of ether oxygens (including phenoxy) is 1. The topological polar surface area (TPSA) is 85.7 Å². The minimum absolute atomic E-state index is 0.169. The number of esters is 1. The van der Waals surface area contributed by atoms with Gasteiger partial charge in [0.2, 0.25) is 8.03 Å². The standard InChI is InChI=1S/C25H27FNO5P/c1-5-32-23(28)25(17(2)3,33(30)31-4)24(29,15-18-10-12-21(26)13-11-18)20-14-19-8-6-7-9-22(19)27-16-20/h5-14,16-17,29,33H,1,15H2,2-4H3. The Bertz CT molecular complexity index is 1180. The summed E-state index contributed by atoms with van der Waals surface area (Å²) in [5, 5.41) is 11.1. The van der Waals surface area contributed by atoms with E-state index in [4.69, 9.17) is 9.26 Å². The van der Waals surface area contributed by atoms with Crippen LogP contribution in [-0.4, -0.2) is 28.3 Å². The van der Waals surface area contributed by atoms with Gasteiger partial charge in [-0.05, 0) is 35.7 Å². The van der Waals surface area contributed by atoms with E-state index in [0.29, 0.717) is 11.1 Å². The molecule has 1 N–H and O–H groups in total. The Kier molecular flexibility index (Phi) is 7.48. The summed E-state index contributed by atoms with van der Waals surface area (Å²) in [5.74, 6) is -2.06. The number of rotatable bonds is 9. The molecule has 0 saturated carbocycles. The van der Waals surface area contributed by atoms with Crippen molar-refractivity contribution in [3.8, 4) is 0 Å². The Morgan fingerprint density at radius 2 is 1.91 bits per heavy atom. The van der Waals surface area contributed by atoms with Gasteiger partial charge in [0.15, 0.2) is 5.16 Å². The summed E-state index contributed by atoms with van der Waals surface area (Å²) in [7, 11) is -2.04. The molecular weight excluding hydrogens is 444 g/mol. The zero-order valence-electron chi connectivity index (χ0n) is 18.7. The average molecular weight is 471 g/mol. The molecule has 3 aromatic rings. The molecule has 2 aromatic carbocycles. The smallest absolute Gasteiger partial charge is 0.330 e. The number of fused-ring (bicyclic) bond motifs is 1. The van der Waals surface area contributed by atoms with Crippen LogP contribution in [0.5, 0.6) is 0 Å². The SMILES string of the molecule is C=COC(=O)C(C(C)C)([PH](=O)OC)C(O)(Cc1ccc(F)cc1)c1cnc2ccccc2c1. The fourth-order valence-corrected chi connectivity index (χ4v) is 5.95. The fourth-order valence-electron chi connectivity index (χ4n) is 4.36. The summed E-state index contributed by atoms with van der Waals surface area (Å²) in [4.78, 5) is 17.9. The van der Waals surface area contributed by atoms with Crippen molar-refractivity contribution >= 4 is 24.9 Å². The molecule has 0 amide bonds. The lowest BCUT2D eigenvalue weighted by Gasteiger charge is -2.46.